The molecule has 0 fully saturated rings. The Labute approximate surface area is 99.7 Å². The normalized spacial score (nSPS) is 20.1. The SMILES string of the molecule is CNC(O)(CCN)C[C@@](C)(I)COC. The Kier molecular flexibility index (Phi) is 6.47. The molecule has 4 N–H and O–H groups in total. The van der Waals surface area contributed by atoms with Gasteiger partial charge in [-0.15, -0.1) is 0 Å². The van der Waals surface area contributed by atoms with Crippen molar-refractivity contribution in [3.63, 3.8) is 0 Å². The van der Waals surface area contributed by atoms with E-state index in [1.165, 1.54) is 0 Å². The highest BCUT2D eigenvalue weighted by Gasteiger charge is 2.33. The molecule has 5 heteroatoms. The molecule has 4 nitrogen and oxygen atoms in total. The van der Waals surface area contributed by atoms with Crippen molar-refractivity contribution < 1.29 is 9.84 Å². The van der Waals surface area contributed by atoms with Crippen LogP contribution in [0, 0.1) is 0 Å². The Morgan fingerprint density at radius 2 is 2.14 bits per heavy atom. The van der Waals surface area contributed by atoms with Crippen LogP contribution >= 0.6 is 22.6 Å². The molecule has 0 aromatic carbocycles. The summed E-state index contributed by atoms with van der Waals surface area (Å²) in [4.78, 5) is 0. The van der Waals surface area contributed by atoms with Gasteiger partial charge in [-0.2, -0.15) is 0 Å². The molecule has 0 aromatic rings. The molecule has 1 unspecified atom stereocenters. The van der Waals surface area contributed by atoms with Gasteiger partial charge in [-0.25, -0.2) is 0 Å². The summed E-state index contributed by atoms with van der Waals surface area (Å²) >= 11 is 2.30. The zero-order valence-electron chi connectivity index (χ0n) is 9.14. The second-order valence-electron chi connectivity index (χ2n) is 3.84. The van der Waals surface area contributed by atoms with Crippen LogP contribution in [0.3, 0.4) is 0 Å². The van der Waals surface area contributed by atoms with Crippen LogP contribution in [0.2, 0.25) is 0 Å². The van der Waals surface area contributed by atoms with Gasteiger partial charge in [0.15, 0.2) is 0 Å². The van der Waals surface area contributed by atoms with E-state index in [1.807, 2.05) is 0 Å². The molecule has 0 radical (unpaired) electrons. The molecule has 0 spiro atoms. The molecule has 0 aliphatic heterocycles. The maximum atomic E-state index is 10.1. The minimum Gasteiger partial charge on any atom is -0.383 e. The summed E-state index contributed by atoms with van der Waals surface area (Å²) in [6.07, 6.45) is 1.16. The standard InChI is InChI=1S/C9H21IN2O2/c1-8(10,7-14-3)6-9(13,12-2)4-5-11/h12-13H,4-7,11H2,1-3H3/t8-,9?/m1/s1. The predicted molar refractivity (Wildman–Crippen MR) is 66.6 cm³/mol. The van der Waals surface area contributed by atoms with Crippen LogP contribution < -0.4 is 11.1 Å². The maximum absolute atomic E-state index is 10.1. The Balaban J connectivity index is 4.28. The van der Waals surface area contributed by atoms with Crippen molar-refractivity contribution in [3.05, 3.63) is 0 Å². The van der Waals surface area contributed by atoms with Crippen LogP contribution in [0.25, 0.3) is 0 Å². The topological polar surface area (TPSA) is 67.5 Å². The van der Waals surface area contributed by atoms with Crippen molar-refractivity contribution >= 4 is 22.6 Å². The number of hydrogen-bond donors (Lipinski definition) is 3. The third kappa shape index (κ3) is 5.45. The van der Waals surface area contributed by atoms with Crippen LogP contribution in [0.15, 0.2) is 0 Å². The van der Waals surface area contributed by atoms with E-state index in [1.54, 1.807) is 14.2 Å². The Bertz CT molecular complexity index is 167. The number of nitrogens with one attached hydrogen (secondary N) is 1. The molecule has 0 amide bonds. The first-order valence-electron chi connectivity index (χ1n) is 4.68. The highest BCUT2D eigenvalue weighted by molar-refractivity contribution is 14.1. The third-order valence-corrected chi connectivity index (χ3v) is 2.82. The number of methoxy groups -OCH3 is 1. The molecular formula is C9H21IN2O2. The van der Waals surface area contributed by atoms with Crippen LogP contribution in [0.4, 0.5) is 0 Å². The molecule has 0 saturated heterocycles. The van der Waals surface area contributed by atoms with Gasteiger partial charge in [-0.1, -0.05) is 22.6 Å². The third-order valence-electron chi connectivity index (χ3n) is 2.13. The van der Waals surface area contributed by atoms with Gasteiger partial charge in [0.2, 0.25) is 0 Å². The average Bonchev–Trinajstić information content (AvgIpc) is 2.03. The first-order valence-corrected chi connectivity index (χ1v) is 5.76. The lowest BCUT2D eigenvalue weighted by Gasteiger charge is -2.34. The lowest BCUT2D eigenvalue weighted by Crippen LogP contribution is -2.49. The number of nitrogens with two attached hydrogens (primary N) is 1. The number of alkyl halides is 1. The van der Waals surface area contributed by atoms with Crippen molar-refractivity contribution in [2.75, 3.05) is 27.3 Å². The van der Waals surface area contributed by atoms with Crippen LogP contribution in [-0.4, -0.2) is 41.6 Å². The molecule has 0 saturated carbocycles. The van der Waals surface area contributed by atoms with E-state index < -0.39 is 5.72 Å². The van der Waals surface area contributed by atoms with Gasteiger partial charge >= 0.3 is 0 Å². The van der Waals surface area contributed by atoms with E-state index in [0.29, 0.717) is 26.0 Å². The summed E-state index contributed by atoms with van der Waals surface area (Å²) in [6, 6.07) is 0. The zero-order valence-corrected chi connectivity index (χ0v) is 11.3. The molecule has 0 aliphatic rings. The molecule has 0 aromatic heterocycles. The molecule has 2 atom stereocenters. The fraction of sp³-hybridized carbons (Fsp3) is 1.00. The molecule has 0 aliphatic carbocycles. The molecule has 0 rings (SSSR count). The van der Waals surface area contributed by atoms with Crippen molar-refractivity contribution in [3.8, 4) is 0 Å². The molecule has 86 valence electrons. The summed E-state index contributed by atoms with van der Waals surface area (Å²) in [5, 5.41) is 13.0. The van der Waals surface area contributed by atoms with E-state index in [2.05, 4.69) is 34.8 Å². The van der Waals surface area contributed by atoms with E-state index in [4.69, 9.17) is 10.5 Å². The second kappa shape index (κ2) is 6.22. The van der Waals surface area contributed by atoms with E-state index in [9.17, 15) is 5.11 Å². The summed E-state index contributed by atoms with van der Waals surface area (Å²) < 4.78 is 5.01. The van der Waals surface area contributed by atoms with Crippen molar-refractivity contribution in [1.29, 1.82) is 0 Å². The number of halogens is 1. The lowest BCUT2D eigenvalue weighted by atomic mass is 9.96. The van der Waals surface area contributed by atoms with Crippen LogP contribution in [0.5, 0.6) is 0 Å². The largest absolute Gasteiger partial charge is 0.383 e. The minimum absolute atomic E-state index is 0.0839. The highest BCUT2D eigenvalue weighted by atomic mass is 127. The van der Waals surface area contributed by atoms with Crippen LogP contribution in [-0.2, 0) is 4.74 Å². The summed E-state index contributed by atoms with van der Waals surface area (Å²) in [7, 11) is 3.41. The lowest BCUT2D eigenvalue weighted by molar-refractivity contribution is -0.0148. The van der Waals surface area contributed by atoms with Gasteiger partial charge < -0.3 is 15.6 Å². The van der Waals surface area contributed by atoms with Crippen molar-refractivity contribution in [2.24, 2.45) is 5.73 Å². The maximum Gasteiger partial charge on any atom is 0.118 e. The second-order valence-corrected chi connectivity index (χ2v) is 6.45. The molecule has 0 bridgehead atoms. The quantitative estimate of drug-likeness (QED) is 0.363. The summed E-state index contributed by atoms with van der Waals surface area (Å²) in [5.41, 5.74) is 4.56. The predicted octanol–water partition coefficient (Wildman–Crippen LogP) is 0.473. The molecule has 14 heavy (non-hydrogen) atoms. The molecule has 0 heterocycles. The highest BCUT2D eigenvalue weighted by Crippen LogP contribution is 2.29. The van der Waals surface area contributed by atoms with Gasteiger partial charge in [0, 0.05) is 23.4 Å². The van der Waals surface area contributed by atoms with Gasteiger partial charge in [0.05, 0.1) is 6.61 Å². The Hall–Kier alpha value is 0.570. The molecular weight excluding hydrogens is 295 g/mol. The van der Waals surface area contributed by atoms with E-state index in [0.717, 1.165) is 0 Å². The average molecular weight is 316 g/mol. The van der Waals surface area contributed by atoms with Gasteiger partial charge in [-0.3, -0.25) is 5.32 Å². The van der Waals surface area contributed by atoms with Crippen molar-refractivity contribution in [1.82, 2.24) is 5.32 Å². The Morgan fingerprint density at radius 1 is 1.57 bits per heavy atom. The summed E-state index contributed by atoms with van der Waals surface area (Å²) in [6.45, 7) is 3.13. The first kappa shape index (κ1) is 14.6. The number of hydrogen-bond acceptors (Lipinski definition) is 4. The fourth-order valence-electron chi connectivity index (χ4n) is 1.50. The Morgan fingerprint density at radius 3 is 2.50 bits per heavy atom. The fourth-order valence-corrected chi connectivity index (χ4v) is 2.44. The van der Waals surface area contributed by atoms with E-state index in [-0.39, 0.29) is 3.42 Å². The van der Waals surface area contributed by atoms with E-state index >= 15 is 0 Å². The van der Waals surface area contributed by atoms with Gasteiger partial charge in [-0.05, 0) is 20.5 Å². The zero-order chi connectivity index (χ0) is 11.2. The number of rotatable bonds is 7. The summed E-state index contributed by atoms with van der Waals surface area (Å²) in [5.74, 6) is 0. The van der Waals surface area contributed by atoms with Gasteiger partial charge in [0.1, 0.15) is 5.72 Å². The number of aliphatic hydroxyl groups is 1. The van der Waals surface area contributed by atoms with Crippen molar-refractivity contribution in [2.45, 2.75) is 28.9 Å². The van der Waals surface area contributed by atoms with Crippen LogP contribution in [0.1, 0.15) is 19.8 Å². The monoisotopic (exact) mass is 316 g/mol. The minimum atomic E-state index is -0.886. The first-order chi connectivity index (χ1) is 6.39. The van der Waals surface area contributed by atoms with Gasteiger partial charge in [0.25, 0.3) is 0 Å². The smallest absolute Gasteiger partial charge is 0.118 e. The number of ether oxygens (including phenoxy) is 1.